The van der Waals surface area contributed by atoms with Gasteiger partial charge in [0.2, 0.25) is 0 Å². The van der Waals surface area contributed by atoms with Gasteiger partial charge in [-0.3, -0.25) is 9.89 Å². The highest BCUT2D eigenvalue weighted by molar-refractivity contribution is 14.1. The maximum atomic E-state index is 12.2. The maximum absolute atomic E-state index is 12.2. The Labute approximate surface area is 143 Å². The second kappa shape index (κ2) is 6.24. The number of fused-ring (bicyclic) bond motifs is 1. The summed E-state index contributed by atoms with van der Waals surface area (Å²) in [5.41, 5.74) is 2.14. The summed E-state index contributed by atoms with van der Waals surface area (Å²) in [6, 6.07) is 7.51. The molecular formula is C13H9IN4OS2. The minimum atomic E-state index is 0.0633. The number of nitrogens with zero attached hydrogens (tertiary/aromatic N) is 2. The summed E-state index contributed by atoms with van der Waals surface area (Å²) in [6.45, 7) is 0. The number of hydrogen-bond donors (Lipinski definition) is 2. The Balaban J connectivity index is 1.79. The Morgan fingerprint density at radius 1 is 1.33 bits per heavy atom. The number of benzene rings is 1. The lowest BCUT2D eigenvalue weighted by Crippen LogP contribution is -2.03. The van der Waals surface area contributed by atoms with Crippen molar-refractivity contribution in [2.45, 2.75) is 5.03 Å². The van der Waals surface area contributed by atoms with Crippen LogP contribution in [0.5, 0.6) is 0 Å². The number of H-pyrrole nitrogens is 2. The first-order valence-corrected chi connectivity index (χ1v) is 8.46. The first-order valence-electron chi connectivity index (χ1n) is 5.98. The van der Waals surface area contributed by atoms with E-state index in [0.717, 1.165) is 9.09 Å². The van der Waals surface area contributed by atoms with Crippen LogP contribution in [-0.2, 0) is 0 Å². The van der Waals surface area contributed by atoms with Crippen molar-refractivity contribution in [2.75, 3.05) is 5.75 Å². The van der Waals surface area contributed by atoms with Crippen LogP contribution in [0.4, 0.5) is 0 Å². The Morgan fingerprint density at radius 3 is 2.86 bits per heavy atom. The third kappa shape index (κ3) is 3.16. The number of aromatic amines is 2. The zero-order valence-electron chi connectivity index (χ0n) is 10.6. The van der Waals surface area contributed by atoms with Crippen LogP contribution in [0, 0.1) is 8.21 Å². The van der Waals surface area contributed by atoms with E-state index in [1.54, 1.807) is 6.33 Å². The number of halogens is 1. The minimum absolute atomic E-state index is 0.0633. The Kier molecular flexibility index (Phi) is 4.36. The second-order valence-corrected chi connectivity index (χ2v) is 6.82. The molecule has 0 bridgehead atoms. The molecule has 0 aliphatic heterocycles. The molecule has 2 N–H and O–H groups in total. The lowest BCUT2D eigenvalue weighted by molar-refractivity contribution is 0.102. The van der Waals surface area contributed by atoms with E-state index in [2.05, 4.69) is 42.8 Å². The smallest absolute Gasteiger partial charge is 0.173 e. The molecule has 2 heterocycles. The summed E-state index contributed by atoms with van der Waals surface area (Å²) < 4.78 is 1.59. The quantitative estimate of drug-likeness (QED) is 0.288. The summed E-state index contributed by atoms with van der Waals surface area (Å²) in [6.07, 6.45) is 1.57. The molecule has 1 aromatic carbocycles. The monoisotopic (exact) mass is 428 g/mol. The predicted molar refractivity (Wildman–Crippen MR) is 93.3 cm³/mol. The van der Waals surface area contributed by atoms with Crippen molar-refractivity contribution in [1.82, 2.24) is 20.2 Å². The topological polar surface area (TPSA) is 74.4 Å². The van der Waals surface area contributed by atoms with Crippen LogP contribution >= 0.6 is 46.6 Å². The molecule has 0 unspecified atom stereocenters. The number of Topliss-reactive ketones (excluding diaryl/α,β-unsaturated/α-hetero) is 1. The van der Waals surface area contributed by atoms with Crippen molar-refractivity contribution in [3.05, 3.63) is 44.4 Å². The number of aromatic nitrogens is 4. The molecule has 3 aromatic rings. The number of carbonyl (C=O) groups excluding carboxylic acids is 1. The molecule has 21 heavy (non-hydrogen) atoms. The lowest BCUT2D eigenvalue weighted by atomic mass is 10.2. The fourth-order valence-corrected chi connectivity index (χ4v) is 3.20. The van der Waals surface area contributed by atoms with Gasteiger partial charge in [-0.1, -0.05) is 36.1 Å². The normalized spacial score (nSPS) is 10.9. The largest absolute Gasteiger partial charge is 0.342 e. The number of rotatable bonds is 4. The van der Waals surface area contributed by atoms with E-state index >= 15 is 0 Å². The Morgan fingerprint density at radius 2 is 2.10 bits per heavy atom. The first kappa shape index (κ1) is 14.7. The summed E-state index contributed by atoms with van der Waals surface area (Å²) in [7, 11) is 0. The molecular weight excluding hydrogens is 419 g/mol. The second-order valence-electron chi connectivity index (χ2n) is 4.20. The third-order valence-electron chi connectivity index (χ3n) is 2.83. The molecule has 0 amide bonds. The number of hydrogen-bond acceptors (Lipinski definition) is 5. The van der Waals surface area contributed by atoms with Crippen LogP contribution < -0.4 is 0 Å². The van der Waals surface area contributed by atoms with Gasteiger partial charge in [-0.25, -0.2) is 4.98 Å². The van der Waals surface area contributed by atoms with Gasteiger partial charge in [-0.15, -0.1) is 0 Å². The molecule has 0 saturated heterocycles. The molecule has 0 radical (unpaired) electrons. The third-order valence-corrected chi connectivity index (χ3v) is 4.81. The van der Waals surface area contributed by atoms with Gasteiger partial charge < -0.3 is 4.98 Å². The summed E-state index contributed by atoms with van der Waals surface area (Å²) >= 11 is 8.68. The van der Waals surface area contributed by atoms with Crippen molar-refractivity contribution in [3.8, 4) is 0 Å². The van der Waals surface area contributed by atoms with Gasteiger partial charge in [0.05, 0.1) is 12.1 Å². The molecule has 0 aliphatic carbocycles. The van der Waals surface area contributed by atoms with Crippen LogP contribution in [0.15, 0.2) is 35.6 Å². The van der Waals surface area contributed by atoms with Crippen LogP contribution in [-0.4, -0.2) is 31.7 Å². The summed E-state index contributed by atoms with van der Waals surface area (Å²) in [5, 5.41) is 7.61. The van der Waals surface area contributed by atoms with E-state index in [9.17, 15) is 4.79 Å². The summed E-state index contributed by atoms with van der Waals surface area (Å²) in [4.78, 5) is 19.3. The minimum Gasteiger partial charge on any atom is -0.342 e. The zero-order chi connectivity index (χ0) is 14.8. The molecule has 0 spiro atoms. The Hall–Kier alpha value is -1.26. The van der Waals surface area contributed by atoms with Gasteiger partial charge in [-0.2, -0.15) is 5.10 Å². The zero-order valence-corrected chi connectivity index (χ0v) is 14.4. The number of carbonyl (C=O) groups is 1. The lowest BCUT2D eigenvalue weighted by Gasteiger charge is -2.02. The SMILES string of the molecule is O=C(CSc1n[nH]c(=S)c2nc[nH]c12)c1ccc(I)cc1. The van der Waals surface area contributed by atoms with E-state index in [1.807, 2.05) is 24.3 Å². The number of imidazole rings is 1. The fraction of sp³-hybridized carbons (Fsp3) is 0.0769. The van der Waals surface area contributed by atoms with Crippen molar-refractivity contribution in [1.29, 1.82) is 0 Å². The van der Waals surface area contributed by atoms with Crippen LogP contribution in [0.2, 0.25) is 0 Å². The molecule has 0 atom stereocenters. The van der Waals surface area contributed by atoms with Crippen LogP contribution in [0.1, 0.15) is 10.4 Å². The molecule has 2 aromatic heterocycles. The van der Waals surface area contributed by atoms with Crippen molar-refractivity contribution >= 4 is 63.4 Å². The van der Waals surface area contributed by atoms with Crippen LogP contribution in [0.3, 0.4) is 0 Å². The van der Waals surface area contributed by atoms with Crippen molar-refractivity contribution in [3.63, 3.8) is 0 Å². The average molecular weight is 428 g/mol. The van der Waals surface area contributed by atoms with Gasteiger partial charge in [0.1, 0.15) is 20.7 Å². The molecule has 5 nitrogen and oxygen atoms in total. The standard InChI is InChI=1S/C13H9IN4OS2/c14-8-3-1-7(2-4-8)9(19)5-21-13-11-10(15-6-16-11)12(20)17-18-13/h1-4,6H,5H2,(H,15,16)(H,17,20). The molecule has 0 fully saturated rings. The van der Waals surface area contributed by atoms with Crippen molar-refractivity contribution in [2.24, 2.45) is 0 Å². The molecule has 8 heteroatoms. The number of nitrogens with one attached hydrogen (secondary N) is 2. The van der Waals surface area contributed by atoms with Gasteiger partial charge in [0, 0.05) is 9.13 Å². The highest BCUT2D eigenvalue weighted by atomic mass is 127. The maximum Gasteiger partial charge on any atom is 0.173 e. The molecule has 106 valence electrons. The van der Waals surface area contributed by atoms with Crippen LogP contribution in [0.25, 0.3) is 11.0 Å². The van der Waals surface area contributed by atoms with E-state index in [4.69, 9.17) is 12.2 Å². The van der Waals surface area contributed by atoms with Gasteiger partial charge in [0.25, 0.3) is 0 Å². The van der Waals surface area contributed by atoms with Gasteiger partial charge >= 0.3 is 0 Å². The van der Waals surface area contributed by atoms with Gasteiger partial charge in [0.15, 0.2) is 5.78 Å². The van der Waals surface area contributed by atoms with Crippen molar-refractivity contribution < 1.29 is 4.79 Å². The summed E-state index contributed by atoms with van der Waals surface area (Å²) in [5.74, 6) is 0.375. The highest BCUT2D eigenvalue weighted by Gasteiger charge is 2.11. The number of ketones is 1. The Bertz CT molecular complexity index is 856. The number of thioether (sulfide) groups is 1. The molecule has 0 aliphatic rings. The van der Waals surface area contributed by atoms with E-state index < -0.39 is 0 Å². The molecule has 0 saturated carbocycles. The predicted octanol–water partition coefficient (Wildman–Crippen LogP) is 3.60. The highest BCUT2D eigenvalue weighted by Crippen LogP contribution is 2.23. The molecule has 3 rings (SSSR count). The van der Waals surface area contributed by atoms with E-state index in [-0.39, 0.29) is 5.78 Å². The van der Waals surface area contributed by atoms with Gasteiger partial charge in [-0.05, 0) is 34.7 Å². The van der Waals surface area contributed by atoms with E-state index in [1.165, 1.54) is 11.8 Å². The van der Waals surface area contributed by atoms with E-state index in [0.29, 0.717) is 26.5 Å². The average Bonchev–Trinajstić information content (AvgIpc) is 2.97. The first-order chi connectivity index (χ1) is 10.1. The fourth-order valence-electron chi connectivity index (χ4n) is 1.80.